The first-order valence-electron chi connectivity index (χ1n) is 8.86. The van der Waals surface area contributed by atoms with Crippen LogP contribution in [0.1, 0.15) is 31.8 Å². The molecule has 0 fully saturated rings. The molecular weight excluding hydrogens is 399 g/mol. The van der Waals surface area contributed by atoms with Crippen LogP contribution >= 0.6 is 0 Å². The number of benzene rings is 2. The fourth-order valence-electron chi connectivity index (χ4n) is 2.94. The highest BCUT2D eigenvalue weighted by atomic mass is 19.4. The van der Waals surface area contributed by atoms with E-state index in [1.54, 1.807) is 31.3 Å². The lowest BCUT2D eigenvalue weighted by Crippen LogP contribution is -2.16. The minimum absolute atomic E-state index is 0.114. The number of methoxy groups -OCH3 is 1. The van der Waals surface area contributed by atoms with Crippen LogP contribution in [0.5, 0.6) is 0 Å². The van der Waals surface area contributed by atoms with E-state index in [4.69, 9.17) is 0 Å². The van der Waals surface area contributed by atoms with Crippen molar-refractivity contribution in [2.75, 3.05) is 19.5 Å². The van der Waals surface area contributed by atoms with Crippen LogP contribution in [0, 0.1) is 0 Å². The zero-order chi connectivity index (χ0) is 21.9. The highest BCUT2D eigenvalue weighted by molar-refractivity contribution is 6.05. The summed E-state index contributed by atoms with van der Waals surface area (Å²) in [7, 11) is 2.85. The Bertz CT molecular complexity index is 1110. The van der Waals surface area contributed by atoms with Gasteiger partial charge in [-0.25, -0.2) is 4.79 Å². The predicted molar refractivity (Wildman–Crippen MR) is 105 cm³/mol. The maximum atomic E-state index is 13.2. The van der Waals surface area contributed by atoms with Gasteiger partial charge in [0.15, 0.2) is 0 Å². The third-order valence-corrected chi connectivity index (χ3v) is 4.32. The average molecular weight is 417 g/mol. The molecule has 156 valence electrons. The lowest BCUT2D eigenvalue weighted by Gasteiger charge is -2.13. The number of rotatable bonds is 5. The number of anilines is 1. The Morgan fingerprint density at radius 1 is 1.07 bits per heavy atom. The van der Waals surface area contributed by atoms with Gasteiger partial charge in [-0.2, -0.15) is 13.2 Å². The van der Waals surface area contributed by atoms with E-state index < -0.39 is 23.6 Å². The van der Waals surface area contributed by atoms with Crippen molar-refractivity contribution in [2.24, 2.45) is 0 Å². The molecule has 3 rings (SSSR count). The Kier molecular flexibility index (Phi) is 6.02. The molecule has 0 aliphatic carbocycles. The topological polar surface area (TPSA) is 80.3 Å². The van der Waals surface area contributed by atoms with Gasteiger partial charge in [-0.05, 0) is 55.1 Å². The third-order valence-electron chi connectivity index (χ3n) is 4.32. The fraction of sp³-hybridized carbons (Fsp3) is 0.190. The number of ether oxygens (including phenoxy) is 1. The van der Waals surface area contributed by atoms with E-state index in [-0.39, 0.29) is 17.7 Å². The molecule has 1 amide bonds. The number of carbonyl (C=O) groups is 2. The van der Waals surface area contributed by atoms with Gasteiger partial charge in [-0.3, -0.25) is 9.78 Å². The molecular formula is C21H18F3N3O3. The first-order chi connectivity index (χ1) is 14.2. The molecule has 9 heteroatoms. The number of alkyl halides is 3. The van der Waals surface area contributed by atoms with E-state index in [0.717, 1.165) is 12.1 Å². The van der Waals surface area contributed by atoms with Crippen molar-refractivity contribution in [1.82, 2.24) is 10.3 Å². The molecule has 0 saturated heterocycles. The van der Waals surface area contributed by atoms with Gasteiger partial charge in [-0.15, -0.1) is 0 Å². The number of amides is 1. The van der Waals surface area contributed by atoms with Crippen molar-refractivity contribution in [1.29, 1.82) is 0 Å². The molecule has 6 nitrogen and oxygen atoms in total. The number of halogens is 3. The molecule has 0 bridgehead atoms. The van der Waals surface area contributed by atoms with Crippen molar-refractivity contribution >= 4 is 28.5 Å². The van der Waals surface area contributed by atoms with Crippen molar-refractivity contribution in [2.45, 2.75) is 12.7 Å². The first kappa shape index (κ1) is 21.3. The molecule has 2 N–H and O–H groups in total. The van der Waals surface area contributed by atoms with E-state index >= 15 is 0 Å². The summed E-state index contributed by atoms with van der Waals surface area (Å²) in [6.07, 6.45) is -3.20. The SMILES string of the molecule is CNCc1cc(C(=O)Nc2ccc3ncc(C(=O)OC)cc3c2)cc(C(F)(F)F)c1. The molecule has 3 aromatic rings. The summed E-state index contributed by atoms with van der Waals surface area (Å²) < 4.78 is 44.2. The number of aromatic nitrogens is 1. The van der Waals surface area contributed by atoms with E-state index in [9.17, 15) is 22.8 Å². The van der Waals surface area contributed by atoms with E-state index in [2.05, 4.69) is 20.4 Å². The number of hydrogen-bond acceptors (Lipinski definition) is 5. The fourth-order valence-corrected chi connectivity index (χ4v) is 2.94. The number of fused-ring (bicyclic) bond motifs is 1. The molecule has 1 aromatic heterocycles. The molecule has 0 aliphatic rings. The number of nitrogens with zero attached hydrogens (tertiary/aromatic N) is 1. The summed E-state index contributed by atoms with van der Waals surface area (Å²) in [5, 5.41) is 5.93. The van der Waals surface area contributed by atoms with Gasteiger partial charge in [-0.1, -0.05) is 0 Å². The molecule has 0 spiro atoms. The smallest absolute Gasteiger partial charge is 0.416 e. The maximum Gasteiger partial charge on any atom is 0.416 e. The second-order valence-electron chi connectivity index (χ2n) is 6.52. The number of esters is 1. The molecule has 0 aliphatic heterocycles. The summed E-state index contributed by atoms with van der Waals surface area (Å²) in [4.78, 5) is 28.4. The largest absolute Gasteiger partial charge is 0.465 e. The van der Waals surface area contributed by atoms with Crippen LogP contribution in [-0.4, -0.2) is 31.0 Å². The maximum absolute atomic E-state index is 13.2. The van der Waals surface area contributed by atoms with Crippen LogP contribution in [0.2, 0.25) is 0 Å². The lowest BCUT2D eigenvalue weighted by molar-refractivity contribution is -0.137. The summed E-state index contributed by atoms with van der Waals surface area (Å²) in [5.74, 6) is -1.24. The minimum atomic E-state index is -4.57. The van der Waals surface area contributed by atoms with Gasteiger partial charge in [0.25, 0.3) is 5.91 Å². The van der Waals surface area contributed by atoms with Crippen LogP contribution < -0.4 is 10.6 Å². The summed E-state index contributed by atoms with van der Waals surface area (Å²) in [6, 6.07) is 9.56. The summed E-state index contributed by atoms with van der Waals surface area (Å²) in [5.41, 5.74) is 0.494. The molecule has 30 heavy (non-hydrogen) atoms. The van der Waals surface area contributed by atoms with Crippen molar-refractivity contribution in [3.63, 3.8) is 0 Å². The lowest BCUT2D eigenvalue weighted by atomic mass is 10.0. The Balaban J connectivity index is 1.92. The normalized spacial score (nSPS) is 11.4. The Morgan fingerprint density at radius 2 is 1.83 bits per heavy atom. The molecule has 0 unspecified atom stereocenters. The zero-order valence-electron chi connectivity index (χ0n) is 16.1. The molecule has 1 heterocycles. The van der Waals surface area contributed by atoms with Gasteiger partial charge in [0, 0.05) is 29.4 Å². The number of carbonyl (C=O) groups excluding carboxylic acids is 2. The van der Waals surface area contributed by atoms with Crippen molar-refractivity contribution < 1.29 is 27.5 Å². The Morgan fingerprint density at radius 3 is 2.50 bits per heavy atom. The van der Waals surface area contributed by atoms with Crippen LogP contribution in [0.4, 0.5) is 18.9 Å². The highest BCUT2D eigenvalue weighted by Crippen LogP contribution is 2.31. The van der Waals surface area contributed by atoms with Crippen LogP contribution in [0.25, 0.3) is 10.9 Å². The number of hydrogen-bond donors (Lipinski definition) is 2. The van der Waals surface area contributed by atoms with Crippen molar-refractivity contribution in [3.05, 3.63) is 70.9 Å². The second-order valence-corrected chi connectivity index (χ2v) is 6.52. The average Bonchev–Trinajstić information content (AvgIpc) is 2.72. The molecule has 2 aromatic carbocycles. The third kappa shape index (κ3) is 4.74. The van der Waals surface area contributed by atoms with E-state index in [0.29, 0.717) is 22.2 Å². The van der Waals surface area contributed by atoms with Crippen molar-refractivity contribution in [3.8, 4) is 0 Å². The van der Waals surface area contributed by atoms with Crippen LogP contribution in [-0.2, 0) is 17.5 Å². The molecule has 0 saturated carbocycles. The zero-order valence-corrected chi connectivity index (χ0v) is 16.1. The van der Waals surface area contributed by atoms with E-state index in [1.807, 2.05) is 0 Å². The summed E-state index contributed by atoms with van der Waals surface area (Å²) >= 11 is 0. The minimum Gasteiger partial charge on any atom is -0.465 e. The van der Waals surface area contributed by atoms with Gasteiger partial charge in [0.1, 0.15) is 0 Å². The van der Waals surface area contributed by atoms with Gasteiger partial charge in [0.05, 0.1) is 23.8 Å². The summed E-state index contributed by atoms with van der Waals surface area (Å²) in [6.45, 7) is 0.183. The van der Waals surface area contributed by atoms with Crippen LogP contribution in [0.3, 0.4) is 0 Å². The van der Waals surface area contributed by atoms with Gasteiger partial charge < -0.3 is 15.4 Å². The number of pyridine rings is 1. The highest BCUT2D eigenvalue weighted by Gasteiger charge is 2.31. The second kappa shape index (κ2) is 8.50. The standard InChI is InChI=1S/C21H18F3N3O3/c1-25-10-12-5-14(8-16(6-12)21(22,23)24)19(28)27-17-3-4-18-13(9-17)7-15(11-26-18)20(29)30-2/h3-9,11,25H,10H2,1-2H3,(H,27,28). The molecule has 0 atom stereocenters. The Labute approximate surface area is 170 Å². The monoisotopic (exact) mass is 417 g/mol. The number of nitrogens with one attached hydrogen (secondary N) is 2. The van der Waals surface area contributed by atoms with Gasteiger partial charge in [0.2, 0.25) is 0 Å². The predicted octanol–water partition coefficient (Wildman–Crippen LogP) is 4.01. The quantitative estimate of drug-likeness (QED) is 0.613. The van der Waals surface area contributed by atoms with Gasteiger partial charge >= 0.3 is 12.1 Å². The van der Waals surface area contributed by atoms with Crippen LogP contribution in [0.15, 0.2) is 48.7 Å². The molecule has 0 radical (unpaired) electrons. The first-order valence-corrected chi connectivity index (χ1v) is 8.86. The Hall–Kier alpha value is -3.46. The van der Waals surface area contributed by atoms with E-state index in [1.165, 1.54) is 19.4 Å².